The van der Waals surface area contributed by atoms with Gasteiger partial charge in [0.1, 0.15) is 11.6 Å². The lowest BCUT2D eigenvalue weighted by atomic mass is 10.2. The van der Waals surface area contributed by atoms with Crippen molar-refractivity contribution in [3.63, 3.8) is 0 Å². The maximum absolute atomic E-state index is 14.0. The smallest absolute Gasteiger partial charge is 0.224 e. The third kappa shape index (κ3) is 4.16. The first-order valence-corrected chi connectivity index (χ1v) is 9.15. The van der Waals surface area contributed by atoms with E-state index in [0.29, 0.717) is 18.2 Å². The molecule has 5 nitrogen and oxygen atoms in total. The minimum atomic E-state index is -0.166. The number of aromatic nitrogens is 2. The summed E-state index contributed by atoms with van der Waals surface area (Å²) < 4.78 is 14.0. The quantitative estimate of drug-likeness (QED) is 0.751. The van der Waals surface area contributed by atoms with Gasteiger partial charge in [0.05, 0.1) is 5.69 Å². The highest BCUT2D eigenvalue weighted by molar-refractivity contribution is 5.51. The van der Waals surface area contributed by atoms with Crippen LogP contribution in [0.2, 0.25) is 0 Å². The minimum absolute atomic E-state index is 0.166. The van der Waals surface area contributed by atoms with E-state index in [-0.39, 0.29) is 5.82 Å². The van der Waals surface area contributed by atoms with Crippen molar-refractivity contribution in [3.8, 4) is 0 Å². The molecule has 1 N–H and O–H groups in total. The Bertz CT molecular complexity index is 879. The van der Waals surface area contributed by atoms with Gasteiger partial charge in [0, 0.05) is 38.9 Å². The summed E-state index contributed by atoms with van der Waals surface area (Å²) in [7, 11) is 0. The number of nitrogens with one attached hydrogen (secondary N) is 1. The summed E-state index contributed by atoms with van der Waals surface area (Å²) in [6.45, 7) is 3.80. The summed E-state index contributed by atoms with van der Waals surface area (Å²) in [5.74, 6) is 1.35. The van der Waals surface area contributed by atoms with Crippen molar-refractivity contribution in [2.45, 2.75) is 6.54 Å². The van der Waals surface area contributed by atoms with Gasteiger partial charge in [0.15, 0.2) is 0 Å². The molecule has 0 bridgehead atoms. The van der Waals surface area contributed by atoms with Gasteiger partial charge >= 0.3 is 0 Å². The van der Waals surface area contributed by atoms with Crippen LogP contribution >= 0.6 is 0 Å². The van der Waals surface area contributed by atoms with Crippen LogP contribution in [0.3, 0.4) is 0 Å². The van der Waals surface area contributed by atoms with E-state index < -0.39 is 0 Å². The fourth-order valence-corrected chi connectivity index (χ4v) is 3.27. The molecule has 1 aliphatic rings. The van der Waals surface area contributed by atoms with Gasteiger partial charge < -0.3 is 15.1 Å². The van der Waals surface area contributed by atoms with E-state index in [1.54, 1.807) is 12.3 Å². The molecule has 1 aliphatic heterocycles. The van der Waals surface area contributed by atoms with E-state index in [4.69, 9.17) is 0 Å². The third-order valence-corrected chi connectivity index (χ3v) is 4.73. The van der Waals surface area contributed by atoms with Crippen LogP contribution in [-0.4, -0.2) is 36.1 Å². The average molecular weight is 363 g/mol. The lowest BCUT2D eigenvalue weighted by molar-refractivity contribution is 0.596. The predicted octanol–water partition coefficient (Wildman–Crippen LogP) is 3.55. The molecule has 27 heavy (non-hydrogen) atoms. The molecule has 1 saturated heterocycles. The van der Waals surface area contributed by atoms with Crippen molar-refractivity contribution in [1.82, 2.24) is 9.97 Å². The SMILES string of the molecule is Fc1ccccc1N1CCN(c2ccnc(NCc3ccccc3)n2)CC1. The van der Waals surface area contributed by atoms with Gasteiger partial charge in [0.25, 0.3) is 0 Å². The molecule has 0 unspecified atom stereocenters. The van der Waals surface area contributed by atoms with Gasteiger partial charge in [-0.05, 0) is 23.8 Å². The summed E-state index contributed by atoms with van der Waals surface area (Å²) in [5, 5.41) is 3.27. The molecule has 2 heterocycles. The highest BCUT2D eigenvalue weighted by Gasteiger charge is 2.20. The average Bonchev–Trinajstić information content (AvgIpc) is 2.74. The van der Waals surface area contributed by atoms with E-state index in [0.717, 1.165) is 32.0 Å². The molecule has 0 amide bonds. The normalized spacial score (nSPS) is 14.3. The van der Waals surface area contributed by atoms with Gasteiger partial charge in [-0.2, -0.15) is 4.98 Å². The zero-order chi connectivity index (χ0) is 18.5. The van der Waals surface area contributed by atoms with E-state index >= 15 is 0 Å². The number of halogens is 1. The zero-order valence-electron chi connectivity index (χ0n) is 15.1. The molecule has 1 fully saturated rings. The van der Waals surface area contributed by atoms with Crippen molar-refractivity contribution in [2.24, 2.45) is 0 Å². The fraction of sp³-hybridized carbons (Fsp3) is 0.238. The summed E-state index contributed by atoms with van der Waals surface area (Å²) >= 11 is 0. The van der Waals surface area contributed by atoms with Crippen LogP contribution in [0.5, 0.6) is 0 Å². The summed E-state index contributed by atoms with van der Waals surface area (Å²) in [6.07, 6.45) is 1.78. The molecule has 1 aromatic heterocycles. The lowest BCUT2D eigenvalue weighted by Gasteiger charge is -2.36. The first-order chi connectivity index (χ1) is 13.3. The molecule has 2 aromatic carbocycles. The number of rotatable bonds is 5. The zero-order valence-corrected chi connectivity index (χ0v) is 15.1. The second-order valence-corrected chi connectivity index (χ2v) is 6.50. The molecule has 4 rings (SSSR count). The van der Waals surface area contributed by atoms with Gasteiger partial charge in [0.2, 0.25) is 5.95 Å². The van der Waals surface area contributed by atoms with Crippen molar-refractivity contribution in [1.29, 1.82) is 0 Å². The Morgan fingerprint density at radius 1 is 0.852 bits per heavy atom. The van der Waals surface area contributed by atoms with Crippen molar-refractivity contribution >= 4 is 17.5 Å². The van der Waals surface area contributed by atoms with Crippen LogP contribution in [-0.2, 0) is 6.54 Å². The standard InChI is InChI=1S/C21H22FN5/c22-18-8-4-5-9-19(18)26-12-14-27(15-13-26)20-10-11-23-21(25-20)24-16-17-6-2-1-3-7-17/h1-11H,12-16H2,(H,23,24,25). The van der Waals surface area contributed by atoms with Crippen molar-refractivity contribution < 1.29 is 4.39 Å². The van der Waals surface area contributed by atoms with Gasteiger partial charge in [-0.1, -0.05) is 42.5 Å². The maximum atomic E-state index is 14.0. The lowest BCUT2D eigenvalue weighted by Crippen LogP contribution is -2.47. The number of piperazine rings is 1. The van der Waals surface area contributed by atoms with Gasteiger partial charge in [-0.15, -0.1) is 0 Å². The molecule has 0 spiro atoms. The van der Waals surface area contributed by atoms with E-state index in [1.165, 1.54) is 11.6 Å². The first-order valence-electron chi connectivity index (χ1n) is 9.15. The van der Waals surface area contributed by atoms with Crippen molar-refractivity contribution in [2.75, 3.05) is 41.3 Å². The molecular weight excluding hydrogens is 341 g/mol. The molecule has 3 aromatic rings. The van der Waals surface area contributed by atoms with Crippen LogP contribution in [0.15, 0.2) is 66.9 Å². The maximum Gasteiger partial charge on any atom is 0.224 e. The van der Waals surface area contributed by atoms with Crippen LogP contribution < -0.4 is 15.1 Å². The predicted molar refractivity (Wildman–Crippen MR) is 107 cm³/mol. The van der Waals surface area contributed by atoms with Gasteiger partial charge in [-0.3, -0.25) is 0 Å². The molecule has 0 atom stereocenters. The Hall–Kier alpha value is -3.15. The van der Waals surface area contributed by atoms with E-state index in [1.807, 2.05) is 36.4 Å². The number of para-hydroxylation sites is 1. The molecule has 138 valence electrons. The highest BCUT2D eigenvalue weighted by atomic mass is 19.1. The molecule has 6 heteroatoms. The van der Waals surface area contributed by atoms with E-state index in [2.05, 4.69) is 37.2 Å². The topological polar surface area (TPSA) is 44.3 Å². The summed E-state index contributed by atoms with van der Waals surface area (Å²) in [6, 6.07) is 19.0. The second kappa shape index (κ2) is 8.03. The minimum Gasteiger partial charge on any atom is -0.366 e. The van der Waals surface area contributed by atoms with Gasteiger partial charge in [-0.25, -0.2) is 9.37 Å². The Morgan fingerprint density at radius 3 is 2.33 bits per heavy atom. The number of hydrogen-bond donors (Lipinski definition) is 1. The molecular formula is C21H22FN5. The van der Waals surface area contributed by atoms with Crippen LogP contribution in [0, 0.1) is 5.82 Å². The monoisotopic (exact) mass is 363 g/mol. The Labute approximate surface area is 158 Å². The molecule has 0 saturated carbocycles. The summed E-state index contributed by atoms with van der Waals surface area (Å²) in [5.41, 5.74) is 1.86. The Kier molecular flexibility index (Phi) is 5.14. The summed E-state index contributed by atoms with van der Waals surface area (Å²) in [4.78, 5) is 13.3. The fourth-order valence-electron chi connectivity index (χ4n) is 3.27. The van der Waals surface area contributed by atoms with Crippen LogP contribution in [0.25, 0.3) is 0 Å². The third-order valence-electron chi connectivity index (χ3n) is 4.73. The Morgan fingerprint density at radius 2 is 1.56 bits per heavy atom. The van der Waals surface area contributed by atoms with Crippen LogP contribution in [0.4, 0.5) is 21.8 Å². The van der Waals surface area contributed by atoms with Crippen LogP contribution in [0.1, 0.15) is 5.56 Å². The van der Waals surface area contributed by atoms with E-state index in [9.17, 15) is 4.39 Å². The first kappa shape index (κ1) is 17.3. The number of benzene rings is 2. The Balaban J connectivity index is 1.38. The van der Waals surface area contributed by atoms with Crippen molar-refractivity contribution in [3.05, 3.63) is 78.2 Å². The molecule has 0 radical (unpaired) electrons. The number of hydrogen-bond acceptors (Lipinski definition) is 5. The second-order valence-electron chi connectivity index (χ2n) is 6.50. The largest absolute Gasteiger partial charge is 0.366 e. The number of nitrogens with zero attached hydrogens (tertiary/aromatic N) is 4. The molecule has 0 aliphatic carbocycles. The number of anilines is 3. The highest BCUT2D eigenvalue weighted by Crippen LogP contribution is 2.22.